The lowest BCUT2D eigenvalue weighted by Crippen LogP contribution is -2.45. The summed E-state index contributed by atoms with van der Waals surface area (Å²) in [6, 6.07) is -0.947. The molecule has 3 aromatic rings. The molecular weight excluding hydrogens is 356 g/mol. The number of thiophene rings is 1. The molecule has 0 fully saturated rings. The Morgan fingerprint density at radius 1 is 1.23 bits per heavy atom. The molecule has 138 valence electrons. The topological polar surface area (TPSA) is 106 Å². The van der Waals surface area contributed by atoms with Crippen LogP contribution in [0.5, 0.6) is 0 Å². The number of likely N-dealkylation sites (N-methyl/N-ethyl adjacent to an activating group) is 1. The zero-order valence-electron chi connectivity index (χ0n) is 15.2. The van der Waals surface area contributed by atoms with E-state index in [0.717, 1.165) is 4.57 Å². The van der Waals surface area contributed by atoms with Crippen LogP contribution in [0.2, 0.25) is 0 Å². The molecule has 0 bridgehead atoms. The van der Waals surface area contributed by atoms with Gasteiger partial charge in [0.2, 0.25) is 5.91 Å². The van der Waals surface area contributed by atoms with E-state index < -0.39 is 17.3 Å². The number of aromatic amines is 1. The lowest BCUT2D eigenvalue weighted by atomic mass is 10.2. The van der Waals surface area contributed by atoms with Gasteiger partial charge in [-0.1, -0.05) is 11.3 Å². The second-order valence-corrected chi connectivity index (χ2v) is 7.38. The molecule has 9 nitrogen and oxygen atoms in total. The summed E-state index contributed by atoms with van der Waals surface area (Å²) in [6.07, 6.45) is 3.07. The minimum atomic E-state index is -0.909. The van der Waals surface area contributed by atoms with Gasteiger partial charge in [-0.2, -0.15) is 10.2 Å². The van der Waals surface area contributed by atoms with E-state index in [1.54, 1.807) is 20.9 Å². The first-order valence-corrected chi connectivity index (χ1v) is 8.97. The largest absolute Gasteiger partial charge is 0.342 e. The third-order valence-electron chi connectivity index (χ3n) is 4.46. The average Bonchev–Trinajstić information content (AvgIpc) is 3.21. The van der Waals surface area contributed by atoms with Crippen LogP contribution >= 0.6 is 11.3 Å². The molecule has 0 radical (unpaired) electrons. The molecule has 1 amide bonds. The highest BCUT2D eigenvalue weighted by Crippen LogP contribution is 2.28. The Kier molecular flexibility index (Phi) is 4.53. The van der Waals surface area contributed by atoms with E-state index in [4.69, 9.17) is 0 Å². The Hall–Kier alpha value is -2.75. The van der Waals surface area contributed by atoms with Crippen LogP contribution < -0.4 is 11.2 Å². The summed E-state index contributed by atoms with van der Waals surface area (Å²) in [4.78, 5) is 44.2. The molecule has 0 saturated heterocycles. The van der Waals surface area contributed by atoms with Crippen LogP contribution in [-0.2, 0) is 4.79 Å². The minimum absolute atomic E-state index is 0.0381. The number of fused-ring (bicyclic) bond motifs is 1. The molecule has 10 heteroatoms. The number of H-pyrrole nitrogens is 1. The lowest BCUT2D eigenvalue weighted by Gasteiger charge is -2.25. The van der Waals surface area contributed by atoms with E-state index in [-0.39, 0.29) is 11.9 Å². The van der Waals surface area contributed by atoms with Crippen molar-refractivity contribution in [3.63, 3.8) is 0 Å². The van der Waals surface area contributed by atoms with Crippen molar-refractivity contribution in [3.8, 4) is 5.00 Å². The summed E-state index contributed by atoms with van der Waals surface area (Å²) in [5.41, 5.74) is -0.441. The van der Waals surface area contributed by atoms with Crippen molar-refractivity contribution in [3.05, 3.63) is 38.8 Å². The molecule has 1 atom stereocenters. The quantitative estimate of drug-likeness (QED) is 0.733. The van der Waals surface area contributed by atoms with Crippen LogP contribution in [0.1, 0.15) is 32.4 Å². The van der Waals surface area contributed by atoms with E-state index in [2.05, 4.69) is 15.2 Å². The van der Waals surface area contributed by atoms with E-state index in [1.807, 2.05) is 13.8 Å². The van der Waals surface area contributed by atoms with E-state index >= 15 is 0 Å². The van der Waals surface area contributed by atoms with Crippen molar-refractivity contribution in [2.24, 2.45) is 0 Å². The third-order valence-corrected chi connectivity index (χ3v) is 5.63. The van der Waals surface area contributed by atoms with Crippen LogP contribution in [0, 0.1) is 6.92 Å². The maximum Gasteiger partial charge on any atom is 0.330 e. The van der Waals surface area contributed by atoms with Crippen LogP contribution in [0.3, 0.4) is 0 Å². The molecule has 3 rings (SSSR count). The Morgan fingerprint density at radius 2 is 1.85 bits per heavy atom. The van der Waals surface area contributed by atoms with Gasteiger partial charge in [-0.3, -0.25) is 14.6 Å². The van der Waals surface area contributed by atoms with Crippen molar-refractivity contribution in [1.82, 2.24) is 29.4 Å². The van der Waals surface area contributed by atoms with Gasteiger partial charge in [0, 0.05) is 18.7 Å². The number of nitrogens with one attached hydrogen (secondary N) is 1. The zero-order chi connectivity index (χ0) is 19.2. The third kappa shape index (κ3) is 2.75. The maximum absolute atomic E-state index is 13.0. The summed E-state index contributed by atoms with van der Waals surface area (Å²) in [5, 5.41) is 9.17. The fourth-order valence-electron chi connectivity index (χ4n) is 2.74. The van der Waals surface area contributed by atoms with Crippen molar-refractivity contribution < 1.29 is 4.79 Å². The molecule has 0 saturated carbocycles. The fraction of sp³-hybridized carbons (Fsp3) is 0.438. The van der Waals surface area contributed by atoms with Gasteiger partial charge >= 0.3 is 5.69 Å². The Labute approximate surface area is 152 Å². The SMILES string of the molecule is Cc1c(-n2nccn2)sc2[nH]c(=O)n([C@H](C)C(=O)N(C)C(C)C)c(=O)c12. The summed E-state index contributed by atoms with van der Waals surface area (Å²) in [6.45, 7) is 7.07. The molecular formula is C16H20N6O3S. The summed E-state index contributed by atoms with van der Waals surface area (Å²) in [5.74, 6) is -0.297. The summed E-state index contributed by atoms with van der Waals surface area (Å²) >= 11 is 1.22. The molecule has 0 aliphatic heterocycles. The second-order valence-electron chi connectivity index (χ2n) is 6.38. The first-order chi connectivity index (χ1) is 12.2. The highest BCUT2D eigenvalue weighted by molar-refractivity contribution is 7.21. The highest BCUT2D eigenvalue weighted by atomic mass is 32.1. The molecule has 0 aliphatic rings. The van der Waals surface area contributed by atoms with Gasteiger partial charge in [0.15, 0.2) is 0 Å². The van der Waals surface area contributed by atoms with Gasteiger partial charge in [-0.05, 0) is 27.7 Å². The molecule has 0 spiro atoms. The first-order valence-electron chi connectivity index (χ1n) is 8.15. The molecule has 0 aromatic carbocycles. The van der Waals surface area contributed by atoms with Crippen LogP contribution in [0.25, 0.3) is 15.2 Å². The normalized spacial score (nSPS) is 12.7. The predicted molar refractivity (Wildman–Crippen MR) is 99.0 cm³/mol. The van der Waals surface area contributed by atoms with E-state index in [9.17, 15) is 14.4 Å². The van der Waals surface area contributed by atoms with E-state index in [0.29, 0.717) is 20.8 Å². The minimum Gasteiger partial charge on any atom is -0.342 e. The summed E-state index contributed by atoms with van der Waals surface area (Å²) in [7, 11) is 1.65. The van der Waals surface area contributed by atoms with Gasteiger partial charge in [0.1, 0.15) is 15.9 Å². The zero-order valence-corrected chi connectivity index (χ0v) is 16.0. The number of carbonyl (C=O) groups is 1. The van der Waals surface area contributed by atoms with Gasteiger partial charge in [-0.25, -0.2) is 9.36 Å². The van der Waals surface area contributed by atoms with Crippen molar-refractivity contribution >= 4 is 27.5 Å². The van der Waals surface area contributed by atoms with Crippen LogP contribution in [0.15, 0.2) is 22.0 Å². The monoisotopic (exact) mass is 376 g/mol. The summed E-state index contributed by atoms with van der Waals surface area (Å²) < 4.78 is 0.976. The van der Waals surface area contributed by atoms with Gasteiger partial charge in [-0.15, -0.1) is 4.80 Å². The van der Waals surface area contributed by atoms with Gasteiger partial charge in [0.05, 0.1) is 17.8 Å². The average molecular weight is 376 g/mol. The standard InChI is InChI=1S/C16H20N6O3S/c1-8(2)20(5)13(23)10(4)21-14(24)11-9(3)15(22-17-6-7-18-22)26-12(11)19-16(21)25/h6-8,10H,1-5H3,(H,19,25)/t10-/m1/s1. The van der Waals surface area contributed by atoms with Crippen LogP contribution in [0.4, 0.5) is 0 Å². The van der Waals surface area contributed by atoms with Crippen molar-refractivity contribution in [2.45, 2.75) is 39.8 Å². The number of rotatable bonds is 4. The van der Waals surface area contributed by atoms with Crippen LogP contribution in [-0.4, -0.2) is 48.4 Å². The number of nitrogens with zero attached hydrogens (tertiary/aromatic N) is 5. The molecule has 0 aliphatic carbocycles. The number of aryl methyl sites for hydroxylation is 1. The molecule has 3 aromatic heterocycles. The van der Waals surface area contributed by atoms with E-state index in [1.165, 1.54) is 33.4 Å². The molecule has 26 heavy (non-hydrogen) atoms. The van der Waals surface area contributed by atoms with Gasteiger partial charge in [0.25, 0.3) is 5.56 Å². The first kappa shape index (κ1) is 18.1. The Morgan fingerprint density at radius 3 is 2.42 bits per heavy atom. The molecule has 3 heterocycles. The number of amides is 1. The number of hydrogen-bond acceptors (Lipinski definition) is 6. The highest BCUT2D eigenvalue weighted by Gasteiger charge is 2.26. The molecule has 0 unspecified atom stereocenters. The molecule has 1 N–H and O–H groups in total. The maximum atomic E-state index is 13.0. The number of carbonyl (C=O) groups excluding carboxylic acids is 1. The van der Waals surface area contributed by atoms with Crippen molar-refractivity contribution in [1.29, 1.82) is 0 Å². The smallest absolute Gasteiger partial charge is 0.330 e. The predicted octanol–water partition coefficient (Wildman–Crippen LogP) is 1.07. The fourth-order valence-corrected chi connectivity index (χ4v) is 3.85. The van der Waals surface area contributed by atoms with Crippen molar-refractivity contribution in [2.75, 3.05) is 7.05 Å². The lowest BCUT2D eigenvalue weighted by molar-refractivity contribution is -0.134. The van der Waals surface area contributed by atoms with Gasteiger partial charge < -0.3 is 4.90 Å². The number of aromatic nitrogens is 5. The second kappa shape index (κ2) is 6.52. The Bertz CT molecular complexity index is 1080. The Balaban J connectivity index is 2.20. The number of hydrogen-bond donors (Lipinski definition) is 1.